The topological polar surface area (TPSA) is 0 Å². The van der Waals surface area contributed by atoms with E-state index in [1.165, 1.54) is 22.3 Å². The van der Waals surface area contributed by atoms with Crippen LogP contribution in [0.4, 0.5) is 0 Å². The Hall–Kier alpha value is -1.56. The van der Waals surface area contributed by atoms with E-state index in [1.54, 1.807) is 0 Å². The molecule has 0 aromatic heterocycles. The second kappa shape index (κ2) is 4.52. The number of hydrogen-bond donors (Lipinski definition) is 0. The molecule has 0 aliphatic carbocycles. The van der Waals surface area contributed by atoms with E-state index in [0.29, 0.717) is 5.92 Å². The monoisotopic (exact) mass is 209 g/mol. The van der Waals surface area contributed by atoms with E-state index in [2.05, 4.69) is 63.2 Å². The van der Waals surface area contributed by atoms with Crippen LogP contribution in [0.15, 0.2) is 42.5 Å². The maximum Gasteiger partial charge on any atom is -0.00990 e. The largest absolute Gasteiger partial charge is 0.0587 e. The molecule has 0 aliphatic heterocycles. The predicted octanol–water partition coefficient (Wildman–Crippen LogP) is 4.59. The molecule has 0 unspecified atom stereocenters. The number of aryl methyl sites for hydroxylation is 1. The quantitative estimate of drug-likeness (QED) is 0.678. The second-order valence-corrected chi connectivity index (χ2v) is 4.56. The summed E-state index contributed by atoms with van der Waals surface area (Å²) in [7, 11) is 0. The van der Waals surface area contributed by atoms with Crippen molar-refractivity contribution in [3.8, 4) is 11.1 Å². The Morgan fingerprint density at radius 2 is 1.69 bits per heavy atom. The molecular weight excluding hydrogens is 192 g/mol. The average molecular weight is 209 g/mol. The van der Waals surface area contributed by atoms with E-state index in [-0.39, 0.29) is 0 Å². The molecular formula is C16H17. The molecule has 0 heteroatoms. The molecule has 2 aromatic carbocycles. The van der Waals surface area contributed by atoms with Crippen LogP contribution in [0.3, 0.4) is 0 Å². The molecule has 0 amide bonds. The first-order chi connectivity index (χ1) is 7.66. The molecule has 2 rings (SSSR count). The Morgan fingerprint density at radius 1 is 1.00 bits per heavy atom. The van der Waals surface area contributed by atoms with Crippen molar-refractivity contribution in [2.24, 2.45) is 0 Å². The second-order valence-electron chi connectivity index (χ2n) is 4.56. The molecule has 0 N–H and O–H groups in total. The van der Waals surface area contributed by atoms with Gasteiger partial charge in [0.05, 0.1) is 0 Å². The smallest absolute Gasteiger partial charge is 0.00990 e. The van der Waals surface area contributed by atoms with Gasteiger partial charge in [0.15, 0.2) is 0 Å². The third-order valence-electron chi connectivity index (χ3n) is 2.85. The lowest BCUT2D eigenvalue weighted by atomic mass is 9.97. The molecule has 81 valence electrons. The first-order valence-corrected chi connectivity index (χ1v) is 5.75. The summed E-state index contributed by atoms with van der Waals surface area (Å²) in [6.07, 6.45) is 0. The summed E-state index contributed by atoms with van der Waals surface area (Å²) in [5.41, 5.74) is 5.09. The van der Waals surface area contributed by atoms with Gasteiger partial charge >= 0.3 is 0 Å². The molecule has 0 saturated heterocycles. The zero-order chi connectivity index (χ0) is 11.5. The van der Waals surface area contributed by atoms with Crippen molar-refractivity contribution in [3.05, 3.63) is 59.7 Å². The molecule has 2 aromatic rings. The summed E-state index contributed by atoms with van der Waals surface area (Å²) in [6, 6.07) is 18.3. The Labute approximate surface area is 97.9 Å². The van der Waals surface area contributed by atoms with Gasteiger partial charge < -0.3 is 0 Å². The van der Waals surface area contributed by atoms with Crippen LogP contribution in [-0.2, 0) is 0 Å². The minimum Gasteiger partial charge on any atom is -0.0587 e. The van der Waals surface area contributed by atoms with Crippen molar-refractivity contribution in [2.75, 3.05) is 0 Å². The molecule has 16 heavy (non-hydrogen) atoms. The Morgan fingerprint density at radius 3 is 2.31 bits per heavy atom. The summed E-state index contributed by atoms with van der Waals surface area (Å²) < 4.78 is 0. The van der Waals surface area contributed by atoms with Gasteiger partial charge in [-0.05, 0) is 35.6 Å². The van der Waals surface area contributed by atoms with Crippen LogP contribution < -0.4 is 0 Å². The van der Waals surface area contributed by atoms with E-state index < -0.39 is 0 Å². The Bertz CT molecular complexity index is 464. The predicted molar refractivity (Wildman–Crippen MR) is 69.5 cm³/mol. The van der Waals surface area contributed by atoms with Gasteiger partial charge in [-0.3, -0.25) is 0 Å². The lowest BCUT2D eigenvalue weighted by molar-refractivity contribution is 0.867. The Balaban J connectivity index is 2.40. The van der Waals surface area contributed by atoms with Crippen molar-refractivity contribution < 1.29 is 0 Å². The standard InChI is InChI=1S/C16H17/c1-12(2)15-5-4-6-16(11-15)14-9-7-13(3)8-10-14/h4-5,7-12H,1-3H3. The number of hydrogen-bond acceptors (Lipinski definition) is 0. The lowest BCUT2D eigenvalue weighted by Gasteiger charge is -2.08. The van der Waals surface area contributed by atoms with Crippen molar-refractivity contribution in [3.63, 3.8) is 0 Å². The van der Waals surface area contributed by atoms with Gasteiger partial charge in [-0.1, -0.05) is 61.9 Å². The highest BCUT2D eigenvalue weighted by atomic mass is 14.1. The van der Waals surface area contributed by atoms with Crippen LogP contribution in [0, 0.1) is 13.0 Å². The fourth-order valence-electron chi connectivity index (χ4n) is 1.74. The van der Waals surface area contributed by atoms with Crippen molar-refractivity contribution in [2.45, 2.75) is 26.7 Å². The van der Waals surface area contributed by atoms with Gasteiger partial charge in [-0.25, -0.2) is 0 Å². The van der Waals surface area contributed by atoms with Crippen LogP contribution >= 0.6 is 0 Å². The fourth-order valence-corrected chi connectivity index (χ4v) is 1.74. The summed E-state index contributed by atoms with van der Waals surface area (Å²) in [5.74, 6) is 0.568. The van der Waals surface area contributed by atoms with Crippen LogP contribution in [0.25, 0.3) is 11.1 Å². The maximum atomic E-state index is 3.30. The van der Waals surface area contributed by atoms with Gasteiger partial charge in [0.25, 0.3) is 0 Å². The zero-order valence-electron chi connectivity index (χ0n) is 10.1. The highest BCUT2D eigenvalue weighted by molar-refractivity contribution is 5.63. The van der Waals surface area contributed by atoms with Gasteiger partial charge in [-0.15, -0.1) is 0 Å². The van der Waals surface area contributed by atoms with E-state index in [1.807, 2.05) is 6.07 Å². The Kier molecular flexibility index (Phi) is 3.09. The normalized spacial score (nSPS) is 10.8. The van der Waals surface area contributed by atoms with Crippen molar-refractivity contribution >= 4 is 0 Å². The fraction of sp³-hybridized carbons (Fsp3) is 0.250. The molecule has 0 saturated carbocycles. The highest BCUT2D eigenvalue weighted by Gasteiger charge is 2.02. The average Bonchev–Trinajstić information content (AvgIpc) is 2.30. The van der Waals surface area contributed by atoms with E-state index in [0.717, 1.165) is 0 Å². The minimum absolute atomic E-state index is 0.568. The van der Waals surface area contributed by atoms with Crippen LogP contribution in [0.1, 0.15) is 30.9 Å². The molecule has 0 fully saturated rings. The first-order valence-electron chi connectivity index (χ1n) is 5.75. The van der Waals surface area contributed by atoms with E-state index in [4.69, 9.17) is 0 Å². The third kappa shape index (κ3) is 2.33. The highest BCUT2D eigenvalue weighted by Crippen LogP contribution is 2.23. The van der Waals surface area contributed by atoms with Crippen LogP contribution in [0.5, 0.6) is 0 Å². The molecule has 0 bridgehead atoms. The van der Waals surface area contributed by atoms with Gasteiger partial charge in [0.2, 0.25) is 0 Å². The third-order valence-corrected chi connectivity index (χ3v) is 2.85. The van der Waals surface area contributed by atoms with Gasteiger partial charge in [0, 0.05) is 0 Å². The molecule has 0 spiro atoms. The maximum absolute atomic E-state index is 3.30. The molecule has 0 atom stereocenters. The van der Waals surface area contributed by atoms with E-state index >= 15 is 0 Å². The first kappa shape index (κ1) is 10.9. The summed E-state index contributed by atoms with van der Waals surface area (Å²) in [6.45, 7) is 6.54. The summed E-state index contributed by atoms with van der Waals surface area (Å²) in [5, 5.41) is 0. The van der Waals surface area contributed by atoms with Crippen molar-refractivity contribution in [1.29, 1.82) is 0 Å². The van der Waals surface area contributed by atoms with Crippen LogP contribution in [0.2, 0.25) is 0 Å². The number of benzene rings is 2. The molecule has 0 nitrogen and oxygen atoms in total. The van der Waals surface area contributed by atoms with Crippen LogP contribution in [-0.4, -0.2) is 0 Å². The molecule has 0 heterocycles. The SMILES string of the molecule is Cc1ccc(-c2[c]ccc(C(C)C)c2)cc1. The number of rotatable bonds is 2. The van der Waals surface area contributed by atoms with Crippen molar-refractivity contribution in [1.82, 2.24) is 0 Å². The minimum atomic E-state index is 0.568. The van der Waals surface area contributed by atoms with Gasteiger partial charge in [-0.2, -0.15) is 0 Å². The van der Waals surface area contributed by atoms with E-state index in [9.17, 15) is 0 Å². The molecule has 0 aliphatic rings. The summed E-state index contributed by atoms with van der Waals surface area (Å²) in [4.78, 5) is 0. The molecule has 1 radical (unpaired) electrons. The van der Waals surface area contributed by atoms with Gasteiger partial charge in [0.1, 0.15) is 0 Å². The zero-order valence-corrected chi connectivity index (χ0v) is 10.1. The lowest BCUT2D eigenvalue weighted by Crippen LogP contribution is -1.88. The summed E-state index contributed by atoms with van der Waals surface area (Å²) >= 11 is 0.